The van der Waals surface area contributed by atoms with Crippen LogP contribution in [0.2, 0.25) is 0 Å². The van der Waals surface area contributed by atoms with Gasteiger partial charge in [-0.05, 0) is 19.1 Å². The zero-order chi connectivity index (χ0) is 11.7. The average molecular weight is 239 g/mol. The summed E-state index contributed by atoms with van der Waals surface area (Å²) < 4.78 is 2.78. The second-order valence-electron chi connectivity index (χ2n) is 3.52. The highest BCUT2D eigenvalue weighted by Gasteiger charge is 2.12. The van der Waals surface area contributed by atoms with Gasteiger partial charge in [0.15, 0.2) is 5.82 Å². The Labute approximate surface area is 96.6 Å². The summed E-state index contributed by atoms with van der Waals surface area (Å²) in [6, 6.07) is 3.95. The molecule has 0 bridgehead atoms. The van der Waals surface area contributed by atoms with Crippen molar-refractivity contribution in [3.05, 3.63) is 27.5 Å². The van der Waals surface area contributed by atoms with E-state index in [0.717, 1.165) is 4.88 Å². The van der Waals surface area contributed by atoms with Gasteiger partial charge in [-0.2, -0.15) is 0 Å². The van der Waals surface area contributed by atoms with Crippen LogP contribution >= 0.6 is 11.3 Å². The van der Waals surface area contributed by atoms with E-state index in [-0.39, 0.29) is 18.8 Å². The summed E-state index contributed by atoms with van der Waals surface area (Å²) in [5, 5.41) is 13.0. The van der Waals surface area contributed by atoms with Gasteiger partial charge in [-0.3, -0.25) is 4.57 Å². The number of aromatic nitrogens is 3. The van der Waals surface area contributed by atoms with E-state index in [2.05, 4.69) is 5.10 Å². The number of aliphatic hydroxyl groups is 1. The fraction of sp³-hybridized carbons (Fsp3) is 0.400. The van der Waals surface area contributed by atoms with Gasteiger partial charge in [-0.25, -0.2) is 9.48 Å². The van der Waals surface area contributed by atoms with Crippen LogP contribution in [0, 0.1) is 6.92 Å². The molecule has 0 aliphatic heterocycles. The van der Waals surface area contributed by atoms with Crippen LogP contribution in [-0.4, -0.2) is 26.1 Å². The second-order valence-corrected chi connectivity index (χ2v) is 4.81. The summed E-state index contributed by atoms with van der Waals surface area (Å²) in [5.41, 5.74) is -0.199. The quantitative estimate of drug-likeness (QED) is 0.853. The summed E-state index contributed by atoms with van der Waals surface area (Å²) in [4.78, 5) is 13.9. The predicted octanol–water partition coefficient (Wildman–Crippen LogP) is 0.611. The lowest BCUT2D eigenvalue weighted by atomic mass is 10.4. The smallest absolute Gasteiger partial charge is 0.346 e. The van der Waals surface area contributed by atoms with Gasteiger partial charge in [-0.15, -0.1) is 16.4 Å². The van der Waals surface area contributed by atoms with Gasteiger partial charge in [0.2, 0.25) is 0 Å². The highest BCUT2D eigenvalue weighted by Crippen LogP contribution is 2.24. The van der Waals surface area contributed by atoms with Crippen LogP contribution in [0.1, 0.15) is 4.88 Å². The molecule has 0 radical (unpaired) electrons. The largest absolute Gasteiger partial charge is 0.394 e. The average Bonchev–Trinajstić information content (AvgIpc) is 2.78. The molecule has 2 aromatic heterocycles. The van der Waals surface area contributed by atoms with Crippen molar-refractivity contribution in [1.29, 1.82) is 0 Å². The van der Waals surface area contributed by atoms with Crippen LogP contribution in [0.3, 0.4) is 0 Å². The van der Waals surface area contributed by atoms with Crippen molar-refractivity contribution in [2.75, 3.05) is 6.61 Å². The first-order chi connectivity index (χ1) is 7.63. The molecule has 2 heterocycles. The Balaban J connectivity index is 2.50. The Morgan fingerprint density at radius 2 is 2.25 bits per heavy atom. The van der Waals surface area contributed by atoms with Crippen molar-refractivity contribution in [3.63, 3.8) is 0 Å². The molecular formula is C10H13N3O2S. The number of nitrogens with zero attached hydrogens (tertiary/aromatic N) is 3. The molecule has 0 aliphatic rings. The number of hydrogen-bond donors (Lipinski definition) is 1. The first kappa shape index (κ1) is 11.1. The zero-order valence-corrected chi connectivity index (χ0v) is 9.99. The van der Waals surface area contributed by atoms with Crippen LogP contribution in [0.4, 0.5) is 0 Å². The van der Waals surface area contributed by atoms with Gasteiger partial charge in [-0.1, -0.05) is 0 Å². The Hall–Kier alpha value is -1.40. The van der Waals surface area contributed by atoms with E-state index in [1.54, 1.807) is 18.4 Å². The molecule has 1 N–H and O–H groups in total. The van der Waals surface area contributed by atoms with Crippen LogP contribution < -0.4 is 5.69 Å². The van der Waals surface area contributed by atoms with Gasteiger partial charge in [0.05, 0.1) is 18.0 Å². The zero-order valence-electron chi connectivity index (χ0n) is 9.17. The Bertz CT molecular complexity index is 553. The molecule has 0 amide bonds. The highest BCUT2D eigenvalue weighted by molar-refractivity contribution is 7.15. The second kappa shape index (κ2) is 4.23. The Morgan fingerprint density at radius 3 is 2.81 bits per heavy atom. The van der Waals surface area contributed by atoms with Crippen molar-refractivity contribution < 1.29 is 5.11 Å². The lowest BCUT2D eigenvalue weighted by molar-refractivity contribution is 0.267. The number of hydrogen-bond acceptors (Lipinski definition) is 4. The lowest BCUT2D eigenvalue weighted by Crippen LogP contribution is -2.24. The summed E-state index contributed by atoms with van der Waals surface area (Å²) in [5.74, 6) is 0.650. The SMILES string of the molecule is Cc1ccc(-c2nn(CCO)c(=O)n2C)s1. The van der Waals surface area contributed by atoms with E-state index in [9.17, 15) is 4.79 Å². The van der Waals surface area contributed by atoms with Crippen molar-refractivity contribution in [1.82, 2.24) is 14.3 Å². The lowest BCUT2D eigenvalue weighted by Gasteiger charge is -1.93. The molecule has 0 unspecified atom stereocenters. The Morgan fingerprint density at radius 1 is 1.50 bits per heavy atom. The first-order valence-corrected chi connectivity index (χ1v) is 5.76. The first-order valence-electron chi connectivity index (χ1n) is 4.95. The highest BCUT2D eigenvalue weighted by atomic mass is 32.1. The van der Waals surface area contributed by atoms with E-state index in [0.29, 0.717) is 5.82 Å². The van der Waals surface area contributed by atoms with Gasteiger partial charge >= 0.3 is 5.69 Å². The fourth-order valence-corrected chi connectivity index (χ4v) is 2.39. The molecule has 16 heavy (non-hydrogen) atoms. The molecule has 0 spiro atoms. The molecule has 2 rings (SSSR count). The van der Waals surface area contributed by atoms with E-state index >= 15 is 0 Å². The maximum Gasteiger partial charge on any atom is 0.346 e. The van der Waals surface area contributed by atoms with Gasteiger partial charge in [0.25, 0.3) is 0 Å². The van der Waals surface area contributed by atoms with Gasteiger partial charge < -0.3 is 5.11 Å². The molecule has 0 aromatic carbocycles. The normalized spacial score (nSPS) is 10.9. The molecule has 0 saturated carbocycles. The van der Waals surface area contributed by atoms with Crippen LogP contribution in [0.5, 0.6) is 0 Å². The van der Waals surface area contributed by atoms with E-state index in [1.165, 1.54) is 14.1 Å². The van der Waals surface area contributed by atoms with Crippen LogP contribution in [0.15, 0.2) is 16.9 Å². The monoisotopic (exact) mass is 239 g/mol. The van der Waals surface area contributed by atoms with Crippen molar-refractivity contribution in [2.24, 2.45) is 7.05 Å². The molecular weight excluding hydrogens is 226 g/mol. The number of thiophene rings is 1. The van der Waals surface area contributed by atoms with Gasteiger partial charge in [0, 0.05) is 11.9 Å². The van der Waals surface area contributed by atoms with Crippen molar-refractivity contribution >= 4 is 11.3 Å². The maximum atomic E-state index is 11.7. The van der Waals surface area contributed by atoms with E-state index in [4.69, 9.17) is 5.11 Å². The molecule has 2 aromatic rings. The van der Waals surface area contributed by atoms with Crippen LogP contribution in [-0.2, 0) is 13.6 Å². The third-order valence-electron chi connectivity index (χ3n) is 2.31. The number of aliphatic hydroxyl groups excluding tert-OH is 1. The minimum absolute atomic E-state index is 0.0835. The molecule has 0 saturated heterocycles. The molecule has 0 aliphatic carbocycles. The summed E-state index contributed by atoms with van der Waals surface area (Å²) in [7, 11) is 1.69. The topological polar surface area (TPSA) is 60.0 Å². The maximum absolute atomic E-state index is 11.7. The molecule has 0 atom stereocenters. The summed E-state index contributed by atoms with van der Waals surface area (Å²) >= 11 is 1.60. The van der Waals surface area contributed by atoms with Gasteiger partial charge in [0.1, 0.15) is 0 Å². The third kappa shape index (κ3) is 1.81. The summed E-state index contributed by atoms with van der Waals surface area (Å²) in [6.45, 7) is 2.16. The predicted molar refractivity (Wildman–Crippen MR) is 62.6 cm³/mol. The van der Waals surface area contributed by atoms with Crippen molar-refractivity contribution in [3.8, 4) is 10.7 Å². The standard InChI is InChI=1S/C10H13N3O2S/c1-7-3-4-8(16-7)9-11-13(5-6-14)10(15)12(9)2/h3-4,14H,5-6H2,1-2H3. The van der Waals surface area contributed by atoms with Crippen molar-refractivity contribution in [2.45, 2.75) is 13.5 Å². The van der Waals surface area contributed by atoms with Crippen LogP contribution in [0.25, 0.3) is 10.7 Å². The molecule has 5 nitrogen and oxygen atoms in total. The number of aryl methyl sites for hydroxylation is 1. The fourth-order valence-electron chi connectivity index (χ4n) is 1.50. The Kier molecular flexibility index (Phi) is 2.93. The summed E-state index contributed by atoms with van der Waals surface area (Å²) in [6.07, 6.45) is 0. The minimum atomic E-state index is -0.199. The van der Waals surface area contributed by atoms with E-state index < -0.39 is 0 Å². The van der Waals surface area contributed by atoms with E-state index in [1.807, 2.05) is 19.1 Å². The third-order valence-corrected chi connectivity index (χ3v) is 3.31. The molecule has 6 heteroatoms. The molecule has 86 valence electrons. The molecule has 0 fully saturated rings. The minimum Gasteiger partial charge on any atom is -0.394 e. The number of rotatable bonds is 3.